The van der Waals surface area contributed by atoms with Gasteiger partial charge in [0.05, 0.1) is 6.20 Å². The average molecular weight is 164 g/mol. The third-order valence-electron chi connectivity index (χ3n) is 1.77. The van der Waals surface area contributed by atoms with Gasteiger partial charge in [-0.2, -0.15) is 5.10 Å². The number of fused-ring (bicyclic) bond motifs is 1. The number of carbonyl (C=O) groups excluding carboxylic acids is 1. The second-order valence-corrected chi connectivity index (χ2v) is 2.59. The van der Waals surface area contributed by atoms with E-state index in [2.05, 4.69) is 15.5 Å². The summed E-state index contributed by atoms with van der Waals surface area (Å²) in [5.41, 5.74) is 6.56. The maximum atomic E-state index is 10.8. The third-order valence-corrected chi connectivity index (χ3v) is 1.77. The Morgan fingerprint density at radius 2 is 2.50 bits per heavy atom. The Hall–Kier alpha value is -1.78. The lowest BCUT2D eigenvalue weighted by Gasteiger charge is -2.11. The first-order valence-electron chi connectivity index (χ1n) is 3.55. The van der Waals surface area contributed by atoms with E-state index in [4.69, 9.17) is 5.73 Å². The smallest absolute Gasteiger partial charge is 0.246 e. The number of nitrogens with two attached hydrogens (primary N) is 1. The summed E-state index contributed by atoms with van der Waals surface area (Å²) in [5, 5.41) is 9.56. The van der Waals surface area contributed by atoms with Gasteiger partial charge in [-0.05, 0) is 6.08 Å². The second-order valence-electron chi connectivity index (χ2n) is 2.59. The van der Waals surface area contributed by atoms with Crippen molar-refractivity contribution in [1.82, 2.24) is 10.2 Å². The highest BCUT2D eigenvalue weighted by atomic mass is 16.1. The molecule has 0 bridgehead atoms. The van der Waals surface area contributed by atoms with E-state index in [0.29, 0.717) is 12.1 Å². The Bertz CT molecular complexity index is 352. The molecule has 4 N–H and O–H groups in total. The lowest BCUT2D eigenvalue weighted by Crippen LogP contribution is -2.22. The van der Waals surface area contributed by atoms with Crippen molar-refractivity contribution in [1.29, 1.82) is 0 Å². The van der Waals surface area contributed by atoms with Crippen LogP contribution in [-0.4, -0.2) is 22.6 Å². The highest BCUT2D eigenvalue weighted by molar-refractivity contribution is 5.99. The molecular formula is C7H8N4O. The average Bonchev–Trinajstić information content (AvgIpc) is 2.49. The molecule has 1 aliphatic heterocycles. The molecule has 0 unspecified atom stereocenters. The standard InChI is InChI=1S/C7H8N4O/c8-6(12)4-1-5-3-10-11-7(5)9-2-4/h1,3H,2H2,(H2,8,12)(H2,9,10,11). The number of amides is 1. The van der Waals surface area contributed by atoms with Crippen molar-refractivity contribution in [2.45, 2.75) is 0 Å². The van der Waals surface area contributed by atoms with Crippen LogP contribution in [0.2, 0.25) is 0 Å². The van der Waals surface area contributed by atoms with Crippen LogP contribution in [0.1, 0.15) is 5.56 Å². The van der Waals surface area contributed by atoms with Crippen molar-refractivity contribution in [2.24, 2.45) is 5.73 Å². The summed E-state index contributed by atoms with van der Waals surface area (Å²) < 4.78 is 0. The summed E-state index contributed by atoms with van der Waals surface area (Å²) in [4.78, 5) is 10.8. The lowest BCUT2D eigenvalue weighted by molar-refractivity contribution is -0.114. The number of anilines is 1. The molecule has 5 heteroatoms. The molecular weight excluding hydrogens is 156 g/mol. The molecule has 62 valence electrons. The molecule has 5 nitrogen and oxygen atoms in total. The van der Waals surface area contributed by atoms with Crippen LogP contribution in [0, 0.1) is 0 Å². The minimum absolute atomic E-state index is 0.394. The van der Waals surface area contributed by atoms with Crippen molar-refractivity contribution < 1.29 is 4.79 Å². The van der Waals surface area contributed by atoms with E-state index in [9.17, 15) is 4.79 Å². The predicted octanol–water partition coefficient (Wildman–Crippen LogP) is -0.296. The van der Waals surface area contributed by atoms with E-state index in [1.165, 1.54) is 0 Å². The van der Waals surface area contributed by atoms with Crippen molar-refractivity contribution in [3.8, 4) is 0 Å². The van der Waals surface area contributed by atoms with Gasteiger partial charge in [-0.1, -0.05) is 0 Å². The first-order chi connectivity index (χ1) is 5.77. The SMILES string of the molecule is NC(=O)C1=Cc2cn[nH]c2NC1. The van der Waals surface area contributed by atoms with Crippen LogP contribution in [0.3, 0.4) is 0 Å². The van der Waals surface area contributed by atoms with Crippen molar-refractivity contribution in [3.63, 3.8) is 0 Å². The zero-order chi connectivity index (χ0) is 8.55. The fourth-order valence-electron chi connectivity index (χ4n) is 1.13. The number of nitrogens with zero attached hydrogens (tertiary/aromatic N) is 1. The molecule has 0 spiro atoms. The molecule has 1 aliphatic rings. The van der Waals surface area contributed by atoms with Gasteiger partial charge in [-0.25, -0.2) is 0 Å². The van der Waals surface area contributed by atoms with E-state index in [1.807, 2.05) is 0 Å². The zero-order valence-electron chi connectivity index (χ0n) is 6.29. The molecule has 0 atom stereocenters. The Labute approximate surface area is 68.6 Å². The van der Waals surface area contributed by atoms with E-state index < -0.39 is 5.91 Å². The maximum Gasteiger partial charge on any atom is 0.246 e. The van der Waals surface area contributed by atoms with Gasteiger partial charge in [0.1, 0.15) is 5.82 Å². The van der Waals surface area contributed by atoms with Gasteiger partial charge < -0.3 is 11.1 Å². The molecule has 2 rings (SSSR count). The minimum Gasteiger partial charge on any atom is -0.366 e. The second kappa shape index (κ2) is 2.37. The fraction of sp³-hybridized carbons (Fsp3) is 0.143. The number of hydrogen-bond acceptors (Lipinski definition) is 3. The van der Waals surface area contributed by atoms with Gasteiger partial charge >= 0.3 is 0 Å². The van der Waals surface area contributed by atoms with Gasteiger partial charge in [0.15, 0.2) is 0 Å². The number of rotatable bonds is 1. The minimum atomic E-state index is -0.394. The van der Waals surface area contributed by atoms with Crippen molar-refractivity contribution in [2.75, 3.05) is 11.9 Å². The molecule has 12 heavy (non-hydrogen) atoms. The fourth-order valence-corrected chi connectivity index (χ4v) is 1.13. The van der Waals surface area contributed by atoms with Crippen LogP contribution in [0.15, 0.2) is 11.8 Å². The number of hydrogen-bond donors (Lipinski definition) is 3. The zero-order valence-corrected chi connectivity index (χ0v) is 6.29. The molecule has 0 aliphatic carbocycles. The third kappa shape index (κ3) is 0.952. The molecule has 0 fully saturated rings. The Morgan fingerprint density at radius 1 is 1.67 bits per heavy atom. The van der Waals surface area contributed by atoms with Crippen LogP contribution in [0.25, 0.3) is 6.08 Å². The van der Waals surface area contributed by atoms with E-state index >= 15 is 0 Å². The first kappa shape index (κ1) is 6.90. The molecule has 2 heterocycles. The molecule has 1 aromatic rings. The number of aromatic amines is 1. The first-order valence-corrected chi connectivity index (χ1v) is 3.55. The van der Waals surface area contributed by atoms with Crippen LogP contribution in [0.5, 0.6) is 0 Å². The largest absolute Gasteiger partial charge is 0.366 e. The number of carbonyl (C=O) groups is 1. The lowest BCUT2D eigenvalue weighted by atomic mass is 10.1. The Kier molecular flexibility index (Phi) is 1.36. The van der Waals surface area contributed by atoms with Crippen LogP contribution < -0.4 is 11.1 Å². The summed E-state index contributed by atoms with van der Waals surface area (Å²) in [5.74, 6) is 0.439. The van der Waals surface area contributed by atoms with E-state index in [0.717, 1.165) is 11.4 Å². The maximum absolute atomic E-state index is 10.8. The van der Waals surface area contributed by atoms with Gasteiger partial charge in [-0.3, -0.25) is 9.89 Å². The monoisotopic (exact) mass is 164 g/mol. The highest BCUT2D eigenvalue weighted by Gasteiger charge is 2.13. The summed E-state index contributed by atoms with van der Waals surface area (Å²) in [6.07, 6.45) is 3.38. The Balaban J connectivity index is 2.41. The van der Waals surface area contributed by atoms with Gasteiger partial charge in [0.2, 0.25) is 5.91 Å². The number of nitrogens with one attached hydrogen (secondary N) is 2. The molecule has 1 aromatic heterocycles. The summed E-state index contributed by atoms with van der Waals surface area (Å²) in [7, 11) is 0. The van der Waals surface area contributed by atoms with E-state index in [1.54, 1.807) is 12.3 Å². The van der Waals surface area contributed by atoms with Crippen LogP contribution in [0.4, 0.5) is 5.82 Å². The van der Waals surface area contributed by atoms with Gasteiger partial charge in [0.25, 0.3) is 0 Å². The highest BCUT2D eigenvalue weighted by Crippen LogP contribution is 2.19. The van der Waals surface area contributed by atoms with Gasteiger partial charge in [0, 0.05) is 17.7 Å². The number of H-pyrrole nitrogens is 1. The number of aromatic nitrogens is 2. The quantitative estimate of drug-likeness (QED) is 0.533. The van der Waals surface area contributed by atoms with Gasteiger partial charge in [-0.15, -0.1) is 0 Å². The summed E-state index contributed by atoms with van der Waals surface area (Å²) in [6.45, 7) is 0.463. The topological polar surface area (TPSA) is 83.8 Å². The predicted molar refractivity (Wildman–Crippen MR) is 44.2 cm³/mol. The molecule has 0 saturated carbocycles. The summed E-state index contributed by atoms with van der Waals surface area (Å²) >= 11 is 0. The van der Waals surface area contributed by atoms with E-state index in [-0.39, 0.29) is 0 Å². The Morgan fingerprint density at radius 3 is 3.25 bits per heavy atom. The van der Waals surface area contributed by atoms with Crippen LogP contribution in [-0.2, 0) is 4.79 Å². The molecule has 0 aromatic carbocycles. The number of primary amides is 1. The molecule has 0 radical (unpaired) electrons. The molecule has 1 amide bonds. The normalized spacial score (nSPS) is 14.5. The van der Waals surface area contributed by atoms with Crippen molar-refractivity contribution in [3.05, 3.63) is 17.3 Å². The summed E-state index contributed by atoms with van der Waals surface area (Å²) in [6, 6.07) is 0. The van der Waals surface area contributed by atoms with Crippen molar-refractivity contribution >= 4 is 17.8 Å². The molecule has 0 saturated heterocycles. The van der Waals surface area contributed by atoms with Crippen LogP contribution >= 0.6 is 0 Å².